The van der Waals surface area contributed by atoms with Crippen LogP contribution in [0.15, 0.2) is 59.2 Å². The second-order valence-electron chi connectivity index (χ2n) is 4.25. The smallest absolute Gasteiger partial charge is 0.352 e. The number of carboxylic acid groups (broad SMARTS) is 1. The molecular formula is C15H10BrNO2. The topological polar surface area (TPSA) is 42.2 Å². The van der Waals surface area contributed by atoms with Crippen LogP contribution in [0, 0.1) is 0 Å². The minimum Gasteiger partial charge on any atom is -0.477 e. The summed E-state index contributed by atoms with van der Waals surface area (Å²) in [6.07, 6.45) is 1.76. The van der Waals surface area contributed by atoms with Crippen LogP contribution in [0.2, 0.25) is 0 Å². The maximum atomic E-state index is 11.2. The number of hydrogen-bond donors (Lipinski definition) is 1. The van der Waals surface area contributed by atoms with Crippen LogP contribution in [-0.2, 0) is 0 Å². The molecule has 19 heavy (non-hydrogen) atoms. The van der Waals surface area contributed by atoms with E-state index < -0.39 is 5.97 Å². The van der Waals surface area contributed by atoms with Crippen LogP contribution >= 0.6 is 15.9 Å². The van der Waals surface area contributed by atoms with Gasteiger partial charge in [-0.05, 0) is 44.9 Å². The van der Waals surface area contributed by atoms with E-state index >= 15 is 0 Å². The highest BCUT2D eigenvalue weighted by atomic mass is 79.9. The Kier molecular flexibility index (Phi) is 2.87. The van der Waals surface area contributed by atoms with Gasteiger partial charge in [0.2, 0.25) is 0 Å². The molecule has 0 unspecified atom stereocenters. The molecule has 2 aromatic carbocycles. The lowest BCUT2D eigenvalue weighted by Crippen LogP contribution is -2.05. The molecule has 0 aliphatic carbocycles. The van der Waals surface area contributed by atoms with Crippen molar-refractivity contribution in [2.24, 2.45) is 0 Å². The van der Waals surface area contributed by atoms with Crippen LogP contribution < -0.4 is 0 Å². The number of hydrogen-bond acceptors (Lipinski definition) is 1. The van der Waals surface area contributed by atoms with Gasteiger partial charge in [-0.3, -0.25) is 0 Å². The molecule has 1 N–H and O–H groups in total. The Balaban J connectivity index is 2.21. The van der Waals surface area contributed by atoms with Crippen LogP contribution in [0.25, 0.3) is 16.5 Å². The summed E-state index contributed by atoms with van der Waals surface area (Å²) in [5.41, 5.74) is 1.07. The zero-order chi connectivity index (χ0) is 13.4. The van der Waals surface area contributed by atoms with E-state index in [9.17, 15) is 9.90 Å². The number of fused-ring (bicyclic) bond motifs is 1. The molecule has 0 aliphatic heterocycles. The van der Waals surface area contributed by atoms with Crippen molar-refractivity contribution in [3.8, 4) is 5.69 Å². The zero-order valence-electron chi connectivity index (χ0n) is 9.88. The number of carbonyl (C=O) groups is 1. The second-order valence-corrected chi connectivity index (χ2v) is 5.17. The summed E-state index contributed by atoms with van der Waals surface area (Å²) in [5.74, 6) is -0.946. The Morgan fingerprint density at radius 3 is 2.53 bits per heavy atom. The molecule has 0 saturated heterocycles. The standard InChI is InChI=1S/C15H10BrNO2/c16-12-8-14(15(18)19)17(9-12)13-6-5-10-3-1-2-4-11(10)7-13/h1-9H,(H,18,19). The molecule has 3 aromatic rings. The molecule has 0 bridgehead atoms. The van der Waals surface area contributed by atoms with Crippen molar-refractivity contribution >= 4 is 32.7 Å². The van der Waals surface area contributed by atoms with Crippen molar-refractivity contribution in [2.45, 2.75) is 0 Å². The van der Waals surface area contributed by atoms with Crippen molar-refractivity contribution in [1.29, 1.82) is 0 Å². The average Bonchev–Trinajstić information content (AvgIpc) is 2.80. The summed E-state index contributed by atoms with van der Waals surface area (Å²) in [4.78, 5) is 11.2. The van der Waals surface area contributed by atoms with Crippen molar-refractivity contribution in [2.75, 3.05) is 0 Å². The van der Waals surface area contributed by atoms with Crippen LogP contribution in [0.5, 0.6) is 0 Å². The first kappa shape index (κ1) is 12.0. The van der Waals surface area contributed by atoms with Gasteiger partial charge in [0.15, 0.2) is 0 Å². The Morgan fingerprint density at radius 1 is 1.05 bits per heavy atom. The van der Waals surface area contributed by atoms with Gasteiger partial charge in [-0.25, -0.2) is 4.79 Å². The van der Waals surface area contributed by atoms with E-state index in [4.69, 9.17) is 0 Å². The molecule has 0 aliphatic rings. The zero-order valence-corrected chi connectivity index (χ0v) is 11.5. The summed E-state index contributed by atoms with van der Waals surface area (Å²) in [7, 11) is 0. The largest absolute Gasteiger partial charge is 0.477 e. The van der Waals surface area contributed by atoms with Crippen molar-refractivity contribution in [1.82, 2.24) is 4.57 Å². The molecule has 4 heteroatoms. The first-order valence-electron chi connectivity index (χ1n) is 5.75. The van der Waals surface area contributed by atoms with E-state index in [1.807, 2.05) is 42.5 Å². The normalized spacial score (nSPS) is 10.8. The molecule has 94 valence electrons. The fourth-order valence-corrected chi connectivity index (χ4v) is 2.56. The Morgan fingerprint density at radius 2 is 1.79 bits per heavy atom. The van der Waals surface area contributed by atoms with Crippen LogP contribution in [0.4, 0.5) is 0 Å². The first-order chi connectivity index (χ1) is 9.15. The maximum Gasteiger partial charge on any atom is 0.352 e. The molecule has 0 radical (unpaired) electrons. The molecule has 1 heterocycles. The van der Waals surface area contributed by atoms with Crippen LogP contribution in [0.3, 0.4) is 0 Å². The number of rotatable bonds is 2. The van der Waals surface area contributed by atoms with Gasteiger partial charge in [0.1, 0.15) is 5.69 Å². The highest BCUT2D eigenvalue weighted by Crippen LogP contribution is 2.23. The van der Waals surface area contributed by atoms with Gasteiger partial charge in [0.25, 0.3) is 0 Å². The summed E-state index contributed by atoms with van der Waals surface area (Å²) in [5, 5.41) is 11.4. The predicted molar refractivity (Wildman–Crippen MR) is 77.9 cm³/mol. The third-order valence-electron chi connectivity index (χ3n) is 3.02. The monoisotopic (exact) mass is 315 g/mol. The number of nitrogens with zero attached hydrogens (tertiary/aromatic N) is 1. The molecule has 0 spiro atoms. The number of halogens is 1. The molecule has 0 saturated carbocycles. The molecule has 1 aromatic heterocycles. The Hall–Kier alpha value is -2.07. The highest BCUT2D eigenvalue weighted by molar-refractivity contribution is 9.10. The molecule has 0 amide bonds. The van der Waals surface area contributed by atoms with Gasteiger partial charge >= 0.3 is 5.97 Å². The highest BCUT2D eigenvalue weighted by Gasteiger charge is 2.13. The van der Waals surface area contributed by atoms with Gasteiger partial charge in [-0.15, -0.1) is 0 Å². The van der Waals surface area contributed by atoms with Gasteiger partial charge in [-0.2, -0.15) is 0 Å². The fourth-order valence-electron chi connectivity index (χ4n) is 2.14. The molecule has 3 nitrogen and oxygen atoms in total. The van der Waals surface area contributed by atoms with Gasteiger partial charge in [-0.1, -0.05) is 30.3 Å². The number of aromatic nitrogens is 1. The van der Waals surface area contributed by atoms with Crippen molar-refractivity contribution < 1.29 is 9.90 Å². The minimum absolute atomic E-state index is 0.238. The number of benzene rings is 2. The predicted octanol–water partition coefficient (Wildman–Crippen LogP) is 4.09. The van der Waals surface area contributed by atoms with Crippen molar-refractivity contribution in [3.63, 3.8) is 0 Å². The van der Waals surface area contributed by atoms with Gasteiger partial charge in [0, 0.05) is 16.4 Å². The van der Waals surface area contributed by atoms with E-state index in [2.05, 4.69) is 15.9 Å². The molecule has 3 rings (SSSR count). The summed E-state index contributed by atoms with van der Waals surface area (Å²) in [6, 6.07) is 15.5. The van der Waals surface area contributed by atoms with E-state index in [0.29, 0.717) is 0 Å². The van der Waals surface area contributed by atoms with Crippen LogP contribution in [-0.4, -0.2) is 15.6 Å². The lowest BCUT2D eigenvalue weighted by molar-refractivity contribution is 0.0688. The fraction of sp³-hybridized carbons (Fsp3) is 0. The molecule has 0 fully saturated rings. The quantitative estimate of drug-likeness (QED) is 0.774. The summed E-state index contributed by atoms with van der Waals surface area (Å²) < 4.78 is 2.41. The summed E-state index contributed by atoms with van der Waals surface area (Å²) in [6.45, 7) is 0. The Bertz CT molecular complexity index is 777. The third-order valence-corrected chi connectivity index (χ3v) is 3.45. The Labute approximate surface area is 118 Å². The molecular weight excluding hydrogens is 306 g/mol. The average molecular weight is 316 g/mol. The number of aromatic carboxylic acids is 1. The van der Waals surface area contributed by atoms with E-state index in [-0.39, 0.29) is 5.69 Å². The van der Waals surface area contributed by atoms with E-state index in [0.717, 1.165) is 20.9 Å². The van der Waals surface area contributed by atoms with Gasteiger partial charge < -0.3 is 9.67 Å². The SMILES string of the molecule is O=C(O)c1cc(Br)cn1-c1ccc2ccccc2c1. The summed E-state index contributed by atoms with van der Waals surface area (Å²) >= 11 is 3.31. The number of carboxylic acids is 1. The lowest BCUT2D eigenvalue weighted by atomic mass is 10.1. The van der Waals surface area contributed by atoms with E-state index in [1.54, 1.807) is 16.8 Å². The third kappa shape index (κ3) is 2.15. The van der Waals surface area contributed by atoms with Gasteiger partial charge in [0.05, 0.1) is 0 Å². The second kappa shape index (κ2) is 4.55. The van der Waals surface area contributed by atoms with E-state index in [1.165, 1.54) is 0 Å². The first-order valence-corrected chi connectivity index (χ1v) is 6.55. The van der Waals surface area contributed by atoms with Crippen LogP contribution in [0.1, 0.15) is 10.5 Å². The minimum atomic E-state index is -0.946. The molecule has 0 atom stereocenters. The lowest BCUT2D eigenvalue weighted by Gasteiger charge is -2.07. The van der Waals surface area contributed by atoms with Crippen molar-refractivity contribution in [3.05, 3.63) is 64.9 Å². The maximum absolute atomic E-state index is 11.2.